The van der Waals surface area contributed by atoms with Gasteiger partial charge in [-0.15, -0.1) is 11.3 Å². The minimum Gasteiger partial charge on any atom is -0.417 e. The van der Waals surface area contributed by atoms with Crippen molar-refractivity contribution in [3.63, 3.8) is 0 Å². The number of unbranched alkanes of at least 4 members (excludes halogenated alkanes) is 1. The molecule has 0 aromatic carbocycles. The van der Waals surface area contributed by atoms with Crippen LogP contribution in [0.15, 0.2) is 23.1 Å². The van der Waals surface area contributed by atoms with Gasteiger partial charge in [0.25, 0.3) is 0 Å². The molecular weight excluding hydrogens is 483 g/mol. The minimum atomic E-state index is -1.87. The highest BCUT2D eigenvalue weighted by molar-refractivity contribution is 7.09. The van der Waals surface area contributed by atoms with Gasteiger partial charge in [0.15, 0.2) is 16.6 Å². The molecule has 6 heteroatoms. The van der Waals surface area contributed by atoms with E-state index in [1.165, 1.54) is 18.4 Å². The van der Waals surface area contributed by atoms with Crippen LogP contribution in [0.2, 0.25) is 36.3 Å². The summed E-state index contributed by atoms with van der Waals surface area (Å²) in [7, 11) is -3.52. The van der Waals surface area contributed by atoms with Crippen LogP contribution >= 0.6 is 11.3 Å². The summed E-state index contributed by atoms with van der Waals surface area (Å²) in [6.45, 7) is 30.7. The predicted octanol–water partition coefficient (Wildman–Crippen LogP) is 10.0. The number of aryl methyl sites for hydroxylation is 1. The molecular formula is C29H55NO2SSi2. The molecule has 0 saturated carbocycles. The van der Waals surface area contributed by atoms with Gasteiger partial charge in [-0.3, -0.25) is 0 Å². The second kappa shape index (κ2) is 13.3. The fourth-order valence-corrected chi connectivity index (χ4v) is 6.26. The minimum absolute atomic E-state index is 0.103. The maximum atomic E-state index is 6.86. The zero-order valence-electron chi connectivity index (χ0n) is 25.2. The molecule has 0 aliphatic heterocycles. The van der Waals surface area contributed by atoms with Crippen LogP contribution in [0.25, 0.3) is 6.08 Å². The van der Waals surface area contributed by atoms with Gasteiger partial charge in [0.05, 0.1) is 16.8 Å². The number of rotatable bonds is 13. The van der Waals surface area contributed by atoms with Gasteiger partial charge in [-0.25, -0.2) is 4.98 Å². The van der Waals surface area contributed by atoms with E-state index in [1.54, 1.807) is 11.3 Å². The first-order valence-electron chi connectivity index (χ1n) is 13.4. The molecule has 1 aromatic rings. The average Bonchev–Trinajstić information content (AvgIpc) is 3.10. The number of aromatic nitrogens is 1. The van der Waals surface area contributed by atoms with Crippen molar-refractivity contribution in [2.45, 2.75) is 130 Å². The van der Waals surface area contributed by atoms with Crippen LogP contribution < -0.4 is 0 Å². The first-order chi connectivity index (χ1) is 15.9. The van der Waals surface area contributed by atoms with Crippen molar-refractivity contribution in [2.24, 2.45) is 5.92 Å². The van der Waals surface area contributed by atoms with Gasteiger partial charge in [0.1, 0.15) is 0 Å². The van der Waals surface area contributed by atoms with E-state index in [9.17, 15) is 0 Å². The van der Waals surface area contributed by atoms with Crippen molar-refractivity contribution in [1.29, 1.82) is 0 Å². The maximum Gasteiger partial charge on any atom is 0.192 e. The Balaban J connectivity index is 2.66. The Morgan fingerprint density at radius 3 is 2.14 bits per heavy atom. The quantitative estimate of drug-likeness (QED) is 0.142. The van der Waals surface area contributed by atoms with E-state index in [4.69, 9.17) is 8.85 Å². The molecule has 1 heterocycles. The molecule has 0 aliphatic carbocycles. The second-order valence-electron chi connectivity index (χ2n) is 13.4. The Hall–Kier alpha value is -0.536. The molecule has 35 heavy (non-hydrogen) atoms. The van der Waals surface area contributed by atoms with Crippen LogP contribution in [0.1, 0.15) is 91.8 Å². The first-order valence-corrected chi connectivity index (χ1v) is 20.1. The highest BCUT2D eigenvalue weighted by Gasteiger charge is 2.39. The lowest BCUT2D eigenvalue weighted by atomic mass is 10.0. The summed E-state index contributed by atoms with van der Waals surface area (Å²) >= 11 is 1.70. The van der Waals surface area contributed by atoms with Crippen LogP contribution in [0.4, 0.5) is 0 Å². The van der Waals surface area contributed by atoms with Crippen molar-refractivity contribution < 1.29 is 8.85 Å². The molecule has 0 unspecified atom stereocenters. The van der Waals surface area contributed by atoms with Crippen molar-refractivity contribution in [1.82, 2.24) is 4.98 Å². The highest BCUT2D eigenvalue weighted by atomic mass is 32.1. The van der Waals surface area contributed by atoms with Crippen LogP contribution in [0.3, 0.4) is 0 Å². The average molecular weight is 538 g/mol. The Kier molecular flexibility index (Phi) is 12.4. The molecule has 1 aromatic heterocycles. The van der Waals surface area contributed by atoms with E-state index >= 15 is 0 Å². The predicted molar refractivity (Wildman–Crippen MR) is 162 cm³/mol. The van der Waals surface area contributed by atoms with Gasteiger partial charge in [-0.2, -0.15) is 0 Å². The van der Waals surface area contributed by atoms with Gasteiger partial charge in [-0.1, -0.05) is 60.6 Å². The maximum absolute atomic E-state index is 6.86. The molecule has 0 N–H and O–H groups in total. The molecule has 2 atom stereocenters. The van der Waals surface area contributed by atoms with Crippen molar-refractivity contribution in [3.8, 4) is 0 Å². The van der Waals surface area contributed by atoms with Crippen molar-refractivity contribution in [2.75, 3.05) is 6.61 Å². The summed E-state index contributed by atoms with van der Waals surface area (Å²) in [5.74, 6) is 0.610. The van der Waals surface area contributed by atoms with Crippen LogP contribution in [0.5, 0.6) is 0 Å². The number of nitrogens with zero attached hydrogens (tertiary/aromatic N) is 1. The largest absolute Gasteiger partial charge is 0.417 e. The van der Waals surface area contributed by atoms with Gasteiger partial charge < -0.3 is 8.85 Å². The smallest absolute Gasteiger partial charge is 0.192 e. The molecule has 202 valence electrons. The summed E-state index contributed by atoms with van der Waals surface area (Å²) in [4.78, 5) is 4.63. The van der Waals surface area contributed by atoms with Crippen LogP contribution in [-0.4, -0.2) is 34.3 Å². The Labute approximate surface area is 224 Å². The van der Waals surface area contributed by atoms with Gasteiger partial charge in [0, 0.05) is 12.0 Å². The van der Waals surface area contributed by atoms with Crippen molar-refractivity contribution in [3.05, 3.63) is 33.8 Å². The molecule has 0 amide bonds. The Morgan fingerprint density at radius 2 is 1.63 bits per heavy atom. The third-order valence-electron chi connectivity index (χ3n) is 7.88. The SMILES string of the molecule is C/C(=C\c1csc(C)n1)[C@H](C/C=C\CCC[C@H](C)CO[Si](C)(C)C(C)(C)C)O[Si](C)(C)C(C)(C)C. The fourth-order valence-electron chi connectivity index (χ4n) is 3.20. The molecule has 0 spiro atoms. The van der Waals surface area contributed by atoms with E-state index in [1.807, 2.05) is 0 Å². The summed E-state index contributed by atoms with van der Waals surface area (Å²) in [6.07, 6.45) is 11.4. The molecule has 0 aliphatic rings. The zero-order chi connectivity index (χ0) is 27.1. The van der Waals surface area contributed by atoms with E-state index in [0.717, 1.165) is 30.2 Å². The Bertz CT molecular complexity index is 828. The monoisotopic (exact) mass is 537 g/mol. The molecule has 0 bridgehead atoms. The topological polar surface area (TPSA) is 31.4 Å². The number of hydrogen-bond donors (Lipinski definition) is 0. The van der Waals surface area contributed by atoms with E-state index in [0.29, 0.717) is 5.92 Å². The van der Waals surface area contributed by atoms with Crippen LogP contribution in [0, 0.1) is 12.8 Å². The normalized spacial score (nSPS) is 16.2. The van der Waals surface area contributed by atoms with Gasteiger partial charge in [-0.05, 0) is 93.4 Å². The summed E-state index contributed by atoms with van der Waals surface area (Å²) in [5, 5.41) is 3.71. The van der Waals surface area contributed by atoms with E-state index < -0.39 is 16.6 Å². The summed E-state index contributed by atoms with van der Waals surface area (Å²) in [5.41, 5.74) is 2.31. The number of hydrogen-bond acceptors (Lipinski definition) is 4. The summed E-state index contributed by atoms with van der Waals surface area (Å²) < 4.78 is 13.3. The number of allylic oxidation sites excluding steroid dienone is 1. The van der Waals surface area contributed by atoms with Gasteiger partial charge in [0.2, 0.25) is 0 Å². The van der Waals surface area contributed by atoms with Gasteiger partial charge >= 0.3 is 0 Å². The fraction of sp³-hybridized carbons (Fsp3) is 0.759. The van der Waals surface area contributed by atoms with Crippen LogP contribution in [-0.2, 0) is 8.85 Å². The molecule has 0 radical (unpaired) electrons. The second-order valence-corrected chi connectivity index (χ2v) is 24.0. The molecule has 1 rings (SSSR count). The lowest BCUT2D eigenvalue weighted by Gasteiger charge is -2.39. The molecule has 0 fully saturated rings. The first kappa shape index (κ1) is 32.5. The van der Waals surface area contributed by atoms with Crippen molar-refractivity contribution >= 4 is 34.0 Å². The third-order valence-corrected chi connectivity index (χ3v) is 17.7. The standard InChI is InChI=1S/C29H55NO2SSi2/c1-23(21-31-34(10,11)28(4,5)6)18-16-14-15-17-19-27(32-35(12,13)29(7,8)9)24(2)20-26-22-33-25(3)30-26/h15,17,20,22-23,27H,14,16,18-19,21H2,1-13H3/b17-15-,24-20+/t23-,27-/m0/s1. The van der Waals surface area contributed by atoms with E-state index in [-0.39, 0.29) is 16.2 Å². The molecule has 0 saturated heterocycles. The lowest BCUT2D eigenvalue weighted by Crippen LogP contribution is -2.44. The summed E-state index contributed by atoms with van der Waals surface area (Å²) in [6, 6.07) is 0. The Morgan fingerprint density at radius 1 is 1.03 bits per heavy atom. The zero-order valence-corrected chi connectivity index (χ0v) is 28.0. The molecule has 3 nitrogen and oxygen atoms in total. The number of thiazole rings is 1. The third kappa shape index (κ3) is 11.2. The van der Waals surface area contributed by atoms with E-state index in [2.05, 4.69) is 117 Å². The lowest BCUT2D eigenvalue weighted by molar-refractivity contribution is 0.217. The highest BCUT2D eigenvalue weighted by Crippen LogP contribution is 2.39.